The van der Waals surface area contributed by atoms with Crippen LogP contribution in [0.4, 0.5) is 4.79 Å². The maximum absolute atomic E-state index is 12.5. The van der Waals surface area contributed by atoms with Gasteiger partial charge in [0.1, 0.15) is 5.60 Å². The van der Waals surface area contributed by atoms with Crippen LogP contribution >= 0.6 is 0 Å². The number of rotatable bonds is 22. The number of likely N-dealkylation sites (tertiary alicyclic amines) is 1. The van der Waals surface area contributed by atoms with Crippen molar-refractivity contribution in [2.45, 2.75) is 161 Å². The number of piperidine rings is 1. The van der Waals surface area contributed by atoms with E-state index in [9.17, 15) is 19.5 Å². The molecule has 0 aromatic heterocycles. The summed E-state index contributed by atoms with van der Waals surface area (Å²) in [6.45, 7) is 12.9. The van der Waals surface area contributed by atoms with Gasteiger partial charge in [-0.2, -0.15) is 0 Å². The fourth-order valence-electron chi connectivity index (χ4n) is 5.50. The van der Waals surface area contributed by atoms with Gasteiger partial charge in [-0.25, -0.2) is 4.79 Å². The Morgan fingerprint density at radius 2 is 1.37 bits per heavy atom. The molecule has 1 rings (SSSR count). The molecule has 1 amide bonds. The summed E-state index contributed by atoms with van der Waals surface area (Å²) in [4.78, 5) is 40.2. The number of ether oxygens (including phenoxy) is 3. The van der Waals surface area contributed by atoms with E-state index < -0.39 is 11.2 Å². The van der Waals surface area contributed by atoms with Gasteiger partial charge in [0.05, 0.1) is 18.8 Å². The highest BCUT2D eigenvalue weighted by molar-refractivity contribution is 5.69. The van der Waals surface area contributed by atoms with E-state index in [0.717, 1.165) is 64.5 Å². The molecule has 1 saturated heterocycles. The zero-order valence-corrected chi connectivity index (χ0v) is 28.4. The second kappa shape index (κ2) is 21.8. The molecular formula is C34H64N2O7. The van der Waals surface area contributed by atoms with Crippen LogP contribution in [-0.4, -0.2) is 90.1 Å². The summed E-state index contributed by atoms with van der Waals surface area (Å²) in [6, 6.07) is 0. The average molecular weight is 613 g/mol. The van der Waals surface area contributed by atoms with E-state index in [1.165, 1.54) is 39.2 Å². The molecule has 9 nitrogen and oxygen atoms in total. The zero-order chi connectivity index (χ0) is 32.1. The van der Waals surface area contributed by atoms with Gasteiger partial charge >= 0.3 is 18.0 Å². The molecule has 0 spiro atoms. The molecule has 0 bridgehead atoms. The molecule has 0 aromatic rings. The second-order valence-electron chi connectivity index (χ2n) is 13.5. The van der Waals surface area contributed by atoms with Gasteiger partial charge in [0.25, 0.3) is 0 Å². The molecule has 1 heterocycles. The van der Waals surface area contributed by atoms with E-state index >= 15 is 0 Å². The van der Waals surface area contributed by atoms with E-state index in [4.69, 9.17) is 14.2 Å². The number of nitrogens with zero attached hydrogens (tertiary/aromatic N) is 2. The molecule has 43 heavy (non-hydrogen) atoms. The fraction of sp³-hybridized carbons (Fsp3) is 0.912. The lowest BCUT2D eigenvalue weighted by Gasteiger charge is -2.41. The number of amides is 1. The molecule has 1 aliphatic rings. The number of methoxy groups -OCH3 is 1. The lowest BCUT2D eigenvalue weighted by molar-refractivity contribution is -0.148. The maximum atomic E-state index is 12.5. The number of carbonyl (C=O) groups excluding carboxylic acids is 3. The quantitative estimate of drug-likeness (QED) is 0.0790. The Kier molecular flexibility index (Phi) is 19.8. The third kappa shape index (κ3) is 19.9. The van der Waals surface area contributed by atoms with Crippen molar-refractivity contribution in [3.63, 3.8) is 0 Å². The van der Waals surface area contributed by atoms with Crippen LogP contribution in [0.5, 0.6) is 0 Å². The third-order valence-electron chi connectivity index (χ3n) is 8.10. The number of esters is 2. The summed E-state index contributed by atoms with van der Waals surface area (Å²) in [5.41, 5.74) is -1.40. The molecule has 1 N–H and O–H groups in total. The van der Waals surface area contributed by atoms with Crippen molar-refractivity contribution in [2.75, 3.05) is 39.8 Å². The monoisotopic (exact) mass is 612 g/mol. The third-order valence-corrected chi connectivity index (χ3v) is 8.10. The average Bonchev–Trinajstić information content (AvgIpc) is 2.93. The highest BCUT2D eigenvalue weighted by Gasteiger charge is 2.36. The van der Waals surface area contributed by atoms with Gasteiger partial charge in [0, 0.05) is 32.5 Å². The lowest BCUT2D eigenvalue weighted by atomic mass is 9.90. The fourth-order valence-corrected chi connectivity index (χ4v) is 5.50. The number of hydrogen-bond acceptors (Lipinski definition) is 8. The minimum Gasteiger partial charge on any atom is -0.469 e. The summed E-state index contributed by atoms with van der Waals surface area (Å²) >= 11 is 0. The summed E-state index contributed by atoms with van der Waals surface area (Å²) in [5, 5.41) is 11.4. The Morgan fingerprint density at radius 3 is 1.93 bits per heavy atom. The van der Waals surface area contributed by atoms with Gasteiger partial charge < -0.3 is 29.1 Å². The van der Waals surface area contributed by atoms with Crippen molar-refractivity contribution in [3.05, 3.63) is 0 Å². The minimum atomic E-state index is -0.861. The first-order chi connectivity index (χ1) is 20.4. The van der Waals surface area contributed by atoms with Crippen LogP contribution in [0.25, 0.3) is 0 Å². The Morgan fingerprint density at radius 1 is 0.837 bits per heavy atom. The van der Waals surface area contributed by atoms with Crippen LogP contribution in [0.1, 0.15) is 144 Å². The number of aliphatic hydroxyl groups is 1. The van der Waals surface area contributed by atoms with Crippen molar-refractivity contribution < 1.29 is 33.7 Å². The molecular weight excluding hydrogens is 548 g/mol. The number of hydrogen-bond donors (Lipinski definition) is 1. The van der Waals surface area contributed by atoms with E-state index in [0.29, 0.717) is 45.3 Å². The summed E-state index contributed by atoms with van der Waals surface area (Å²) in [7, 11) is 1.41. The van der Waals surface area contributed by atoms with E-state index in [-0.39, 0.29) is 24.1 Å². The van der Waals surface area contributed by atoms with E-state index in [1.807, 2.05) is 27.7 Å². The van der Waals surface area contributed by atoms with Crippen molar-refractivity contribution >= 4 is 18.0 Å². The van der Waals surface area contributed by atoms with Gasteiger partial charge in [0.2, 0.25) is 0 Å². The van der Waals surface area contributed by atoms with Gasteiger partial charge in [-0.15, -0.1) is 0 Å². The Bertz CT molecular complexity index is 775. The molecule has 1 fully saturated rings. The molecule has 1 atom stereocenters. The molecule has 1 aliphatic heterocycles. The van der Waals surface area contributed by atoms with Gasteiger partial charge in [-0.1, -0.05) is 51.9 Å². The highest BCUT2D eigenvalue weighted by atomic mass is 16.6. The van der Waals surface area contributed by atoms with Crippen molar-refractivity contribution in [2.24, 2.45) is 0 Å². The first-order valence-corrected chi connectivity index (χ1v) is 17.1. The topological polar surface area (TPSA) is 106 Å². The van der Waals surface area contributed by atoms with Crippen LogP contribution in [0.3, 0.4) is 0 Å². The molecule has 9 heteroatoms. The Labute approximate surface area is 262 Å². The summed E-state index contributed by atoms with van der Waals surface area (Å²) in [6.07, 6.45) is 15.2. The Hall–Kier alpha value is -1.87. The van der Waals surface area contributed by atoms with Gasteiger partial charge in [-0.3, -0.25) is 9.59 Å². The predicted octanol–water partition coefficient (Wildman–Crippen LogP) is 7.03. The number of unbranched alkanes of at least 4 members (excludes halogenated alkanes) is 9. The maximum Gasteiger partial charge on any atom is 0.410 e. The van der Waals surface area contributed by atoms with Crippen LogP contribution in [0, 0.1) is 0 Å². The SMILES string of the molecule is CCCCCCCCC(C)OC(=O)CCCCCN(CCCCCC(=O)OC)CC1(O)CCN(C(=O)OC(C)(C)C)CC1. The molecule has 252 valence electrons. The number of carbonyl (C=O) groups is 3. The second-order valence-corrected chi connectivity index (χ2v) is 13.5. The van der Waals surface area contributed by atoms with Crippen molar-refractivity contribution in [1.82, 2.24) is 9.80 Å². The standard InChI is InChI=1S/C34H64N2O7/c1-7-8-9-10-11-14-19-29(2)42-31(38)21-16-13-18-25-35(24-17-12-15-20-30(37)41-6)28-34(40)22-26-36(27-23-34)32(39)43-33(3,4)5/h29,40H,7-28H2,1-6H3. The first-order valence-electron chi connectivity index (χ1n) is 17.1. The zero-order valence-electron chi connectivity index (χ0n) is 28.4. The molecule has 0 aliphatic carbocycles. The first kappa shape index (κ1) is 39.2. The van der Waals surface area contributed by atoms with Crippen LogP contribution in [0.15, 0.2) is 0 Å². The molecule has 0 aromatic carbocycles. The summed E-state index contributed by atoms with van der Waals surface area (Å²) < 4.78 is 15.9. The minimum absolute atomic E-state index is 0.0178. The van der Waals surface area contributed by atoms with Crippen molar-refractivity contribution in [1.29, 1.82) is 0 Å². The largest absolute Gasteiger partial charge is 0.469 e. The van der Waals surface area contributed by atoms with Crippen LogP contribution < -0.4 is 0 Å². The highest BCUT2D eigenvalue weighted by Crippen LogP contribution is 2.25. The van der Waals surface area contributed by atoms with Gasteiger partial charge in [0.15, 0.2) is 0 Å². The summed E-state index contributed by atoms with van der Waals surface area (Å²) in [5.74, 6) is -0.287. The predicted molar refractivity (Wildman–Crippen MR) is 171 cm³/mol. The van der Waals surface area contributed by atoms with Crippen LogP contribution in [0.2, 0.25) is 0 Å². The van der Waals surface area contributed by atoms with Crippen LogP contribution in [-0.2, 0) is 23.8 Å². The molecule has 1 unspecified atom stereocenters. The Balaban J connectivity index is 2.44. The molecule has 0 saturated carbocycles. The molecule has 0 radical (unpaired) electrons. The normalized spacial score (nSPS) is 15.8. The van der Waals surface area contributed by atoms with Gasteiger partial charge in [-0.05, 0) is 92.2 Å². The lowest BCUT2D eigenvalue weighted by Crippen LogP contribution is -2.53. The van der Waals surface area contributed by atoms with E-state index in [1.54, 1.807) is 4.90 Å². The van der Waals surface area contributed by atoms with Crippen molar-refractivity contribution in [3.8, 4) is 0 Å². The smallest absolute Gasteiger partial charge is 0.410 e. The van der Waals surface area contributed by atoms with E-state index in [2.05, 4.69) is 11.8 Å².